The van der Waals surface area contributed by atoms with E-state index >= 15 is 0 Å². The molecule has 0 aromatic heterocycles. The first-order valence-corrected chi connectivity index (χ1v) is 7.75. The van der Waals surface area contributed by atoms with Gasteiger partial charge in [0.25, 0.3) is 5.69 Å². The number of nitrogens with zero attached hydrogens (tertiary/aromatic N) is 2. The van der Waals surface area contributed by atoms with Gasteiger partial charge >= 0.3 is 0 Å². The number of hydrogen-bond acceptors (Lipinski definition) is 5. The van der Waals surface area contributed by atoms with Crippen LogP contribution in [-0.2, 0) is 17.6 Å². The van der Waals surface area contributed by atoms with Crippen molar-refractivity contribution < 1.29 is 9.72 Å². The summed E-state index contributed by atoms with van der Waals surface area (Å²) >= 11 is 0. The maximum absolute atomic E-state index is 12.3. The smallest absolute Gasteiger partial charge is 0.273 e. The molecule has 0 fully saturated rings. The van der Waals surface area contributed by atoms with Gasteiger partial charge in [0.2, 0.25) is 0 Å². The van der Waals surface area contributed by atoms with Crippen LogP contribution in [0.2, 0.25) is 0 Å². The first kappa shape index (κ1) is 18.6. The van der Waals surface area contributed by atoms with Gasteiger partial charge < -0.3 is 5.32 Å². The van der Waals surface area contributed by atoms with Crippen molar-refractivity contribution in [1.29, 1.82) is 0 Å². The SMILES string of the molecule is Cl.O=C(Cc1cccc(C2=NCCN2)c1)Cc1ccccc1[N+](=O)[O-]. The van der Waals surface area contributed by atoms with Crippen molar-refractivity contribution in [3.8, 4) is 0 Å². The van der Waals surface area contributed by atoms with E-state index in [4.69, 9.17) is 0 Å². The highest BCUT2D eigenvalue weighted by Gasteiger charge is 2.16. The van der Waals surface area contributed by atoms with E-state index < -0.39 is 4.92 Å². The molecule has 0 radical (unpaired) electrons. The Morgan fingerprint density at radius 3 is 2.68 bits per heavy atom. The first-order chi connectivity index (χ1) is 11.6. The van der Waals surface area contributed by atoms with Gasteiger partial charge in [-0.3, -0.25) is 19.9 Å². The van der Waals surface area contributed by atoms with Gasteiger partial charge in [-0.05, 0) is 11.6 Å². The van der Waals surface area contributed by atoms with Crippen molar-refractivity contribution in [1.82, 2.24) is 5.32 Å². The Morgan fingerprint density at radius 1 is 1.16 bits per heavy atom. The second-order valence-electron chi connectivity index (χ2n) is 5.64. The fraction of sp³-hybridized carbons (Fsp3) is 0.222. The van der Waals surface area contributed by atoms with Gasteiger partial charge in [-0.2, -0.15) is 0 Å². The molecule has 7 heteroatoms. The van der Waals surface area contributed by atoms with Gasteiger partial charge in [-0.25, -0.2) is 0 Å². The van der Waals surface area contributed by atoms with Gasteiger partial charge in [-0.1, -0.05) is 36.4 Å². The van der Waals surface area contributed by atoms with E-state index in [1.165, 1.54) is 6.07 Å². The molecule has 130 valence electrons. The quantitative estimate of drug-likeness (QED) is 0.634. The van der Waals surface area contributed by atoms with Gasteiger partial charge in [0.05, 0.1) is 11.5 Å². The van der Waals surface area contributed by atoms with Crippen molar-refractivity contribution >= 4 is 29.7 Å². The summed E-state index contributed by atoms with van der Waals surface area (Å²) < 4.78 is 0. The molecule has 1 heterocycles. The van der Waals surface area contributed by atoms with Crippen molar-refractivity contribution in [2.75, 3.05) is 13.1 Å². The zero-order valence-corrected chi connectivity index (χ0v) is 14.3. The van der Waals surface area contributed by atoms with Crippen LogP contribution in [0.1, 0.15) is 16.7 Å². The predicted molar refractivity (Wildman–Crippen MR) is 98.6 cm³/mol. The van der Waals surface area contributed by atoms with Crippen LogP contribution < -0.4 is 5.32 Å². The molecule has 2 aromatic carbocycles. The number of benzene rings is 2. The third-order valence-electron chi connectivity index (χ3n) is 3.85. The Morgan fingerprint density at radius 2 is 1.96 bits per heavy atom. The number of carbonyl (C=O) groups is 1. The van der Waals surface area contributed by atoms with Gasteiger partial charge in [-0.15, -0.1) is 12.4 Å². The van der Waals surface area contributed by atoms with E-state index in [-0.39, 0.29) is 36.7 Å². The van der Waals surface area contributed by atoms with Crippen molar-refractivity contribution in [3.05, 3.63) is 75.3 Å². The minimum atomic E-state index is -0.451. The number of halogens is 1. The number of rotatable bonds is 6. The zero-order chi connectivity index (χ0) is 16.9. The Kier molecular flexibility index (Phi) is 6.25. The molecule has 0 atom stereocenters. The van der Waals surface area contributed by atoms with Crippen LogP contribution >= 0.6 is 12.4 Å². The molecule has 0 unspecified atom stereocenters. The maximum atomic E-state index is 12.3. The molecular weight excluding hydrogens is 342 g/mol. The summed E-state index contributed by atoms with van der Waals surface area (Å²) in [6, 6.07) is 14.0. The minimum absolute atomic E-state index is 0. The third-order valence-corrected chi connectivity index (χ3v) is 3.85. The number of nitrogens with one attached hydrogen (secondary N) is 1. The topological polar surface area (TPSA) is 84.6 Å². The summed E-state index contributed by atoms with van der Waals surface area (Å²) in [5.74, 6) is 0.797. The average molecular weight is 360 g/mol. The molecule has 6 nitrogen and oxygen atoms in total. The second kappa shape index (κ2) is 8.39. The molecule has 0 aliphatic carbocycles. The molecule has 2 aromatic rings. The number of hydrogen-bond donors (Lipinski definition) is 1. The molecule has 3 rings (SSSR count). The third kappa shape index (κ3) is 4.64. The fourth-order valence-corrected chi connectivity index (χ4v) is 2.76. The molecule has 1 aliphatic rings. The molecular formula is C18H18ClN3O3. The highest BCUT2D eigenvalue weighted by molar-refractivity contribution is 6.00. The van der Waals surface area contributed by atoms with Crippen LogP contribution in [0, 0.1) is 10.1 Å². The number of nitro benzene ring substituents is 1. The maximum Gasteiger partial charge on any atom is 0.273 e. The Bertz CT molecular complexity index is 821. The molecule has 0 spiro atoms. The Labute approximate surface area is 151 Å². The summed E-state index contributed by atoms with van der Waals surface area (Å²) in [4.78, 5) is 27.3. The summed E-state index contributed by atoms with van der Waals surface area (Å²) in [7, 11) is 0. The van der Waals surface area contributed by atoms with E-state index in [1.54, 1.807) is 18.2 Å². The lowest BCUT2D eigenvalue weighted by Crippen LogP contribution is -2.19. The van der Waals surface area contributed by atoms with Crippen molar-refractivity contribution in [2.45, 2.75) is 12.8 Å². The van der Waals surface area contributed by atoms with Crippen LogP contribution in [-0.4, -0.2) is 29.6 Å². The first-order valence-electron chi connectivity index (χ1n) is 7.75. The normalized spacial score (nSPS) is 12.7. The predicted octanol–water partition coefficient (Wildman–Crippen LogP) is 2.72. The summed E-state index contributed by atoms with van der Waals surface area (Å²) in [6.45, 7) is 1.59. The van der Waals surface area contributed by atoms with E-state index in [0.717, 1.165) is 30.1 Å². The zero-order valence-electron chi connectivity index (χ0n) is 13.5. The number of Topliss-reactive ketones (excluding diaryl/α,β-unsaturated/α-hetero) is 1. The number of nitro groups is 1. The van der Waals surface area contributed by atoms with Crippen LogP contribution in [0.4, 0.5) is 5.69 Å². The molecule has 0 saturated heterocycles. The highest BCUT2D eigenvalue weighted by atomic mass is 35.5. The van der Waals surface area contributed by atoms with Crippen LogP contribution in [0.5, 0.6) is 0 Å². The fourth-order valence-electron chi connectivity index (χ4n) is 2.76. The Balaban J connectivity index is 0.00000225. The standard InChI is InChI=1S/C18H17N3O3.ClH/c22-16(12-14-5-1-2-7-17(14)21(23)24)11-13-4-3-6-15(10-13)18-19-8-9-20-18;/h1-7,10H,8-9,11-12H2,(H,19,20);1H. The number of carbonyl (C=O) groups excluding carboxylic acids is 1. The highest BCUT2D eigenvalue weighted by Crippen LogP contribution is 2.19. The average Bonchev–Trinajstić information content (AvgIpc) is 3.10. The van der Waals surface area contributed by atoms with Crippen molar-refractivity contribution in [2.24, 2.45) is 4.99 Å². The molecule has 0 saturated carbocycles. The molecule has 1 N–H and O–H groups in total. The van der Waals surface area contributed by atoms with Crippen molar-refractivity contribution in [3.63, 3.8) is 0 Å². The monoisotopic (exact) mass is 359 g/mol. The number of aliphatic imine (C=N–C) groups is 1. The lowest BCUT2D eigenvalue weighted by atomic mass is 10.00. The minimum Gasteiger partial charge on any atom is -0.368 e. The second-order valence-corrected chi connectivity index (χ2v) is 5.64. The van der Waals surface area contributed by atoms with E-state index in [2.05, 4.69) is 10.3 Å². The van der Waals surface area contributed by atoms with Gasteiger partial charge in [0, 0.05) is 36.6 Å². The van der Waals surface area contributed by atoms with Gasteiger partial charge in [0.15, 0.2) is 0 Å². The summed E-state index contributed by atoms with van der Waals surface area (Å²) in [5.41, 5.74) is 2.28. The number of amidine groups is 1. The van der Waals surface area contributed by atoms with Crippen LogP contribution in [0.15, 0.2) is 53.5 Å². The summed E-state index contributed by atoms with van der Waals surface area (Å²) in [5, 5.41) is 14.2. The van der Waals surface area contributed by atoms with Crippen LogP contribution in [0.25, 0.3) is 0 Å². The number of ketones is 1. The molecule has 0 bridgehead atoms. The Hall–Kier alpha value is -2.73. The number of para-hydroxylation sites is 1. The van der Waals surface area contributed by atoms with Gasteiger partial charge in [0.1, 0.15) is 11.6 Å². The molecule has 0 amide bonds. The largest absolute Gasteiger partial charge is 0.368 e. The lowest BCUT2D eigenvalue weighted by Gasteiger charge is -2.06. The van der Waals surface area contributed by atoms with E-state index in [9.17, 15) is 14.9 Å². The molecule has 1 aliphatic heterocycles. The lowest BCUT2D eigenvalue weighted by molar-refractivity contribution is -0.385. The molecule has 25 heavy (non-hydrogen) atoms. The van der Waals surface area contributed by atoms with E-state index in [0.29, 0.717) is 5.56 Å². The van der Waals surface area contributed by atoms with Crippen LogP contribution in [0.3, 0.4) is 0 Å². The van der Waals surface area contributed by atoms with E-state index in [1.807, 2.05) is 24.3 Å². The summed E-state index contributed by atoms with van der Waals surface area (Å²) in [6.07, 6.45) is 0.299.